The molecular weight excluding hydrogens is 633 g/mol. The first kappa shape index (κ1) is 29.8. The summed E-state index contributed by atoms with van der Waals surface area (Å²) >= 11 is 0. The van der Waals surface area contributed by atoms with Crippen LogP contribution in [0.3, 0.4) is 0 Å². The number of hydrogen-bond acceptors (Lipinski definition) is 4. The van der Waals surface area contributed by atoms with Crippen LogP contribution < -0.4 is 0 Å². The van der Waals surface area contributed by atoms with Crippen LogP contribution in [0.5, 0.6) is 0 Å². The van der Waals surface area contributed by atoms with Gasteiger partial charge in [0.15, 0.2) is 17.5 Å². The van der Waals surface area contributed by atoms with E-state index in [1.165, 1.54) is 16.2 Å². The van der Waals surface area contributed by atoms with Crippen LogP contribution in [0.1, 0.15) is 0 Å². The monoisotopic (exact) mass is 662 g/mol. The molecule has 0 N–H and O–H groups in total. The van der Waals surface area contributed by atoms with Gasteiger partial charge in [0.2, 0.25) is 0 Å². The maximum atomic E-state index is 5.14. The Kier molecular flexibility index (Phi) is 7.10. The van der Waals surface area contributed by atoms with E-state index < -0.39 is 0 Å². The highest BCUT2D eigenvalue weighted by atomic mass is 15.0. The summed E-state index contributed by atoms with van der Waals surface area (Å²) in [5.41, 5.74) is 8.16. The molecule has 4 nitrogen and oxygen atoms in total. The molecule has 52 heavy (non-hydrogen) atoms. The van der Waals surface area contributed by atoms with E-state index in [0.717, 1.165) is 66.1 Å². The van der Waals surface area contributed by atoms with E-state index in [4.69, 9.17) is 19.9 Å². The summed E-state index contributed by atoms with van der Waals surface area (Å²) in [6.45, 7) is 0. The quantitative estimate of drug-likeness (QED) is 0.172. The average Bonchev–Trinajstić information content (AvgIpc) is 3.23. The molecule has 0 saturated carbocycles. The van der Waals surface area contributed by atoms with Gasteiger partial charge in [-0.1, -0.05) is 164 Å². The van der Waals surface area contributed by atoms with E-state index in [1.54, 1.807) is 0 Å². The summed E-state index contributed by atoms with van der Waals surface area (Å²) in [5.74, 6) is 1.92. The van der Waals surface area contributed by atoms with E-state index in [-0.39, 0.29) is 0 Å². The highest BCUT2D eigenvalue weighted by Gasteiger charge is 2.16. The second-order valence-corrected chi connectivity index (χ2v) is 13.1. The Hall–Kier alpha value is -7.04. The molecule has 2 aromatic heterocycles. The van der Waals surface area contributed by atoms with Crippen molar-refractivity contribution in [2.75, 3.05) is 0 Å². The molecule has 0 aliphatic carbocycles. The lowest BCUT2D eigenvalue weighted by Crippen LogP contribution is -2.00. The number of fused-ring (bicyclic) bond motifs is 5. The molecule has 0 atom stereocenters. The Labute approximate surface area is 300 Å². The molecule has 10 aromatic rings. The van der Waals surface area contributed by atoms with E-state index in [9.17, 15) is 0 Å². The fourth-order valence-electron chi connectivity index (χ4n) is 7.28. The first-order valence-electron chi connectivity index (χ1n) is 17.5. The molecule has 0 aliphatic rings. The van der Waals surface area contributed by atoms with Crippen LogP contribution in [0.4, 0.5) is 0 Å². The molecule has 0 bridgehead atoms. The van der Waals surface area contributed by atoms with Crippen molar-refractivity contribution in [3.63, 3.8) is 0 Å². The van der Waals surface area contributed by atoms with Crippen molar-refractivity contribution in [3.8, 4) is 56.5 Å². The maximum Gasteiger partial charge on any atom is 0.164 e. The molecule has 0 unspecified atom stereocenters. The van der Waals surface area contributed by atoms with Crippen LogP contribution >= 0.6 is 0 Å². The minimum Gasteiger partial charge on any atom is -0.247 e. The minimum atomic E-state index is 0.631. The lowest BCUT2D eigenvalue weighted by molar-refractivity contribution is 1.08. The van der Waals surface area contributed by atoms with Crippen LogP contribution in [-0.2, 0) is 0 Å². The smallest absolute Gasteiger partial charge is 0.164 e. The zero-order valence-electron chi connectivity index (χ0n) is 28.1. The molecule has 2 heterocycles. The van der Waals surface area contributed by atoms with Gasteiger partial charge in [-0.05, 0) is 50.9 Å². The van der Waals surface area contributed by atoms with Crippen molar-refractivity contribution in [2.24, 2.45) is 0 Å². The number of benzene rings is 8. The first-order chi connectivity index (χ1) is 25.7. The van der Waals surface area contributed by atoms with Gasteiger partial charge in [0.05, 0.1) is 11.2 Å². The van der Waals surface area contributed by atoms with Gasteiger partial charge >= 0.3 is 0 Å². The van der Waals surface area contributed by atoms with Gasteiger partial charge in [0, 0.05) is 38.4 Å². The number of aromatic nitrogens is 4. The lowest BCUT2D eigenvalue weighted by Gasteiger charge is -2.14. The highest BCUT2D eigenvalue weighted by molar-refractivity contribution is 6.17. The minimum absolute atomic E-state index is 0.631. The highest BCUT2D eigenvalue weighted by Crippen LogP contribution is 2.39. The third-order valence-electron chi connectivity index (χ3n) is 9.88. The SMILES string of the molecule is c1ccc(-c2nc3ccccc3c3c(-c4ccc(-c5nc(-c6ccc7ccccc7c6)nc(-c6ccc7ccccc7c6)n5)cc4)cccc23)cc1. The fourth-order valence-corrected chi connectivity index (χ4v) is 7.28. The third-order valence-corrected chi connectivity index (χ3v) is 9.88. The van der Waals surface area contributed by atoms with Crippen molar-refractivity contribution in [2.45, 2.75) is 0 Å². The third kappa shape index (κ3) is 5.26. The standard InChI is InChI=1S/C48H30N4/c1-2-13-34(14-3-1)45-42-19-10-18-40(44(42)41-17-8-9-20-43(41)49-45)33-23-25-35(26-24-33)46-50-47(38-27-21-31-11-4-6-15-36(31)29-38)52-48(51-46)39-28-22-32-12-5-7-16-37(32)30-39/h1-30H. The number of pyridine rings is 1. The van der Waals surface area contributed by atoms with E-state index in [0.29, 0.717) is 17.5 Å². The molecule has 0 amide bonds. The van der Waals surface area contributed by atoms with Crippen LogP contribution in [0.15, 0.2) is 182 Å². The summed E-state index contributed by atoms with van der Waals surface area (Å²) in [6, 6.07) is 63.5. The second kappa shape index (κ2) is 12.4. The molecular formula is C48H30N4. The first-order valence-corrected chi connectivity index (χ1v) is 17.5. The van der Waals surface area contributed by atoms with E-state index >= 15 is 0 Å². The largest absolute Gasteiger partial charge is 0.247 e. The summed E-state index contributed by atoms with van der Waals surface area (Å²) < 4.78 is 0. The topological polar surface area (TPSA) is 51.6 Å². The fraction of sp³-hybridized carbons (Fsp3) is 0. The predicted molar refractivity (Wildman–Crippen MR) is 215 cm³/mol. The van der Waals surface area contributed by atoms with Gasteiger partial charge in [0.25, 0.3) is 0 Å². The van der Waals surface area contributed by atoms with E-state index in [1.807, 2.05) is 6.07 Å². The Morgan fingerprint density at radius 3 is 1.44 bits per heavy atom. The van der Waals surface area contributed by atoms with Crippen molar-refractivity contribution >= 4 is 43.2 Å². The van der Waals surface area contributed by atoms with Crippen LogP contribution in [0.2, 0.25) is 0 Å². The Balaban J connectivity index is 1.12. The number of hydrogen-bond donors (Lipinski definition) is 0. The number of rotatable bonds is 5. The molecule has 8 aromatic carbocycles. The second-order valence-electron chi connectivity index (χ2n) is 13.1. The van der Waals surface area contributed by atoms with Gasteiger partial charge in [-0.25, -0.2) is 19.9 Å². The predicted octanol–water partition coefficient (Wildman–Crippen LogP) is 12.2. The van der Waals surface area contributed by atoms with Crippen LogP contribution in [-0.4, -0.2) is 19.9 Å². The summed E-state index contributed by atoms with van der Waals surface area (Å²) in [5, 5.41) is 8.10. The van der Waals surface area contributed by atoms with Gasteiger partial charge in [-0.15, -0.1) is 0 Å². The lowest BCUT2D eigenvalue weighted by atomic mass is 9.92. The molecule has 242 valence electrons. The summed E-state index contributed by atoms with van der Waals surface area (Å²) in [4.78, 5) is 20.3. The van der Waals surface area contributed by atoms with Crippen molar-refractivity contribution < 1.29 is 0 Å². The van der Waals surface area contributed by atoms with Crippen molar-refractivity contribution in [1.29, 1.82) is 0 Å². The molecule has 0 spiro atoms. The van der Waals surface area contributed by atoms with Crippen molar-refractivity contribution in [1.82, 2.24) is 19.9 Å². The number of para-hydroxylation sites is 1. The Bertz CT molecular complexity index is 2850. The normalized spacial score (nSPS) is 11.5. The molecule has 10 rings (SSSR count). The Morgan fingerprint density at radius 2 is 0.788 bits per heavy atom. The average molecular weight is 663 g/mol. The van der Waals surface area contributed by atoms with Gasteiger partial charge in [-0.3, -0.25) is 0 Å². The van der Waals surface area contributed by atoms with Crippen LogP contribution in [0, 0.1) is 0 Å². The van der Waals surface area contributed by atoms with Gasteiger partial charge in [0.1, 0.15) is 0 Å². The van der Waals surface area contributed by atoms with E-state index in [2.05, 4.69) is 176 Å². The molecule has 0 aliphatic heterocycles. The van der Waals surface area contributed by atoms with Gasteiger partial charge < -0.3 is 0 Å². The molecule has 0 saturated heterocycles. The molecule has 0 fully saturated rings. The molecule has 4 heteroatoms. The van der Waals surface area contributed by atoms with Crippen molar-refractivity contribution in [3.05, 3.63) is 182 Å². The Morgan fingerprint density at radius 1 is 0.288 bits per heavy atom. The summed E-state index contributed by atoms with van der Waals surface area (Å²) in [7, 11) is 0. The zero-order chi connectivity index (χ0) is 34.4. The summed E-state index contributed by atoms with van der Waals surface area (Å²) in [6.07, 6.45) is 0. The van der Waals surface area contributed by atoms with Crippen LogP contribution in [0.25, 0.3) is 99.8 Å². The maximum absolute atomic E-state index is 5.14. The van der Waals surface area contributed by atoms with Gasteiger partial charge in [-0.2, -0.15) is 0 Å². The molecule has 0 radical (unpaired) electrons. The zero-order valence-corrected chi connectivity index (χ0v) is 28.1. The number of nitrogens with zero attached hydrogens (tertiary/aromatic N) is 4.